The number of phosphoric acid groups is 2. The molecule has 4 N–H and O–H groups in total. The Balaban J connectivity index is 2.02. The van der Waals surface area contributed by atoms with Crippen LogP contribution in [0.25, 0.3) is 0 Å². The minimum Gasteiger partial charge on any atom is -0.404 e. The summed E-state index contributed by atoms with van der Waals surface area (Å²) in [7, 11) is -9.14. The number of hydrogen-bond donors (Lipinski definition) is 4. The predicted molar refractivity (Wildman–Crippen MR) is 81.0 cm³/mol. The zero-order valence-corrected chi connectivity index (χ0v) is 13.4. The molecule has 0 heterocycles. The van der Waals surface area contributed by atoms with Gasteiger partial charge in [0.15, 0.2) is 0 Å². The fourth-order valence-corrected chi connectivity index (χ4v) is 2.64. The molecule has 0 unspecified atom stereocenters. The van der Waals surface area contributed by atoms with Crippen LogP contribution >= 0.6 is 15.6 Å². The summed E-state index contributed by atoms with van der Waals surface area (Å²) in [5.41, 5.74) is 1.73. The van der Waals surface area contributed by atoms with E-state index in [4.69, 9.17) is 19.6 Å². The van der Waals surface area contributed by atoms with Crippen molar-refractivity contribution < 1.29 is 37.8 Å². The molecule has 0 amide bonds. The van der Waals surface area contributed by atoms with Gasteiger partial charge >= 0.3 is 15.6 Å². The first-order chi connectivity index (χ1) is 10.6. The molecule has 0 bridgehead atoms. The number of phosphoric ester groups is 2. The summed E-state index contributed by atoms with van der Waals surface area (Å²) in [6.07, 6.45) is 0.520. The molecule has 0 fully saturated rings. The Morgan fingerprint density at radius 2 is 0.957 bits per heavy atom. The highest BCUT2D eigenvalue weighted by Gasteiger charge is 2.16. The van der Waals surface area contributed by atoms with Gasteiger partial charge in [-0.1, -0.05) is 24.3 Å². The molecule has 0 aliphatic heterocycles. The lowest BCUT2D eigenvalue weighted by atomic mass is 10.1. The lowest BCUT2D eigenvalue weighted by Gasteiger charge is -2.09. The van der Waals surface area contributed by atoms with Gasteiger partial charge in [0.1, 0.15) is 11.5 Å². The summed E-state index contributed by atoms with van der Waals surface area (Å²) in [5.74, 6) is 0.125. The van der Waals surface area contributed by atoms with E-state index < -0.39 is 15.6 Å². The molecule has 8 nitrogen and oxygen atoms in total. The molecule has 124 valence electrons. The lowest BCUT2D eigenvalue weighted by Crippen LogP contribution is -1.93. The first-order valence-electron chi connectivity index (χ1n) is 6.29. The minimum atomic E-state index is -4.57. The van der Waals surface area contributed by atoms with Crippen molar-refractivity contribution in [3.8, 4) is 11.5 Å². The van der Waals surface area contributed by atoms with Crippen molar-refractivity contribution in [1.29, 1.82) is 0 Å². The van der Waals surface area contributed by atoms with Crippen molar-refractivity contribution in [2.24, 2.45) is 0 Å². The highest BCUT2D eigenvalue weighted by atomic mass is 31.2. The number of benzene rings is 2. The Morgan fingerprint density at radius 1 is 0.652 bits per heavy atom. The van der Waals surface area contributed by atoms with E-state index in [1.165, 1.54) is 24.3 Å². The number of rotatable bonds is 6. The minimum absolute atomic E-state index is 0.0625. The van der Waals surface area contributed by atoms with Crippen molar-refractivity contribution in [3.63, 3.8) is 0 Å². The van der Waals surface area contributed by atoms with E-state index in [0.29, 0.717) is 6.42 Å². The Bertz CT molecular complexity index is 679. The van der Waals surface area contributed by atoms with Crippen LogP contribution in [0, 0.1) is 0 Å². The van der Waals surface area contributed by atoms with Crippen LogP contribution in [0.1, 0.15) is 11.1 Å². The first-order valence-corrected chi connectivity index (χ1v) is 9.35. The van der Waals surface area contributed by atoms with Crippen LogP contribution < -0.4 is 9.05 Å². The van der Waals surface area contributed by atoms with Crippen molar-refractivity contribution in [2.75, 3.05) is 0 Å². The van der Waals surface area contributed by atoms with Crippen molar-refractivity contribution in [2.45, 2.75) is 6.42 Å². The van der Waals surface area contributed by atoms with Gasteiger partial charge in [0, 0.05) is 0 Å². The SMILES string of the molecule is O=P(O)(O)Oc1ccc(Cc2ccc(OP(=O)(O)O)cc2)cc1. The van der Waals surface area contributed by atoms with Gasteiger partial charge in [-0.3, -0.25) is 19.6 Å². The van der Waals surface area contributed by atoms with E-state index in [2.05, 4.69) is 9.05 Å². The van der Waals surface area contributed by atoms with Crippen LogP contribution in [0.3, 0.4) is 0 Å². The van der Waals surface area contributed by atoms with E-state index in [9.17, 15) is 9.13 Å². The molecular weight excluding hydrogens is 346 g/mol. The Kier molecular flexibility index (Phi) is 5.26. The molecule has 0 aliphatic rings. The highest BCUT2D eigenvalue weighted by Crippen LogP contribution is 2.38. The normalized spacial score (nSPS) is 12.0. The monoisotopic (exact) mass is 360 g/mol. The van der Waals surface area contributed by atoms with Crippen molar-refractivity contribution in [1.82, 2.24) is 0 Å². The molecule has 0 radical (unpaired) electrons. The topological polar surface area (TPSA) is 134 Å². The molecule has 10 heteroatoms. The maximum atomic E-state index is 10.7. The maximum absolute atomic E-state index is 10.7. The average molecular weight is 360 g/mol. The molecule has 0 saturated heterocycles. The van der Waals surface area contributed by atoms with E-state index >= 15 is 0 Å². The molecule has 0 aliphatic carbocycles. The van der Waals surface area contributed by atoms with Crippen LogP contribution in [0.5, 0.6) is 11.5 Å². The third-order valence-electron chi connectivity index (χ3n) is 2.70. The molecule has 0 saturated carbocycles. The Morgan fingerprint density at radius 3 is 1.22 bits per heavy atom. The van der Waals surface area contributed by atoms with Crippen LogP contribution in [-0.4, -0.2) is 19.6 Å². The summed E-state index contributed by atoms with van der Waals surface area (Å²) < 4.78 is 30.3. The van der Waals surface area contributed by atoms with Gasteiger partial charge in [-0.15, -0.1) is 0 Å². The fraction of sp³-hybridized carbons (Fsp3) is 0.0769. The molecule has 2 rings (SSSR count). The summed E-state index contributed by atoms with van der Waals surface area (Å²) in [4.78, 5) is 34.8. The first kappa shape index (κ1) is 17.7. The quantitative estimate of drug-likeness (QED) is 0.576. The van der Waals surface area contributed by atoms with Gasteiger partial charge in [-0.2, -0.15) is 0 Å². The summed E-state index contributed by atoms with van der Waals surface area (Å²) in [5, 5.41) is 0. The van der Waals surface area contributed by atoms with Crippen molar-refractivity contribution >= 4 is 15.6 Å². The molecule has 23 heavy (non-hydrogen) atoms. The van der Waals surface area contributed by atoms with E-state index in [0.717, 1.165) is 11.1 Å². The summed E-state index contributed by atoms with van der Waals surface area (Å²) in [6.45, 7) is 0. The Labute approximate surface area is 131 Å². The van der Waals surface area contributed by atoms with Gasteiger partial charge < -0.3 is 9.05 Å². The van der Waals surface area contributed by atoms with Gasteiger partial charge in [0.25, 0.3) is 0 Å². The number of hydrogen-bond acceptors (Lipinski definition) is 4. The van der Waals surface area contributed by atoms with E-state index in [1.807, 2.05) is 0 Å². The predicted octanol–water partition coefficient (Wildman–Crippen LogP) is 2.22. The smallest absolute Gasteiger partial charge is 0.404 e. The third kappa shape index (κ3) is 6.54. The van der Waals surface area contributed by atoms with Gasteiger partial charge in [-0.05, 0) is 41.8 Å². The molecule has 2 aromatic rings. The molecule has 2 aromatic carbocycles. The maximum Gasteiger partial charge on any atom is 0.524 e. The largest absolute Gasteiger partial charge is 0.524 e. The average Bonchev–Trinajstić information content (AvgIpc) is 2.40. The molecule has 0 spiro atoms. The third-order valence-corrected chi connectivity index (χ3v) is 3.60. The molecule has 0 aromatic heterocycles. The standard InChI is InChI=1S/C13H14O8P2/c14-22(15,16)20-12-5-1-10(2-6-12)9-11-3-7-13(8-4-11)21-23(17,18)19/h1-8H,9H2,(H2,14,15,16)(H2,17,18,19). The lowest BCUT2D eigenvalue weighted by molar-refractivity contribution is 0.281. The second-order valence-electron chi connectivity index (χ2n) is 4.63. The Hall–Kier alpha value is -1.66. The highest BCUT2D eigenvalue weighted by molar-refractivity contribution is 7.47. The fourth-order valence-electron chi connectivity index (χ4n) is 1.85. The van der Waals surface area contributed by atoms with Crippen molar-refractivity contribution in [3.05, 3.63) is 59.7 Å². The molecule has 0 atom stereocenters. The second kappa shape index (κ2) is 6.84. The van der Waals surface area contributed by atoms with E-state index in [1.54, 1.807) is 24.3 Å². The van der Waals surface area contributed by atoms with Gasteiger partial charge in [-0.25, -0.2) is 9.13 Å². The van der Waals surface area contributed by atoms with Gasteiger partial charge in [0.2, 0.25) is 0 Å². The van der Waals surface area contributed by atoms with Crippen LogP contribution in [0.15, 0.2) is 48.5 Å². The zero-order valence-electron chi connectivity index (χ0n) is 11.6. The molecular formula is C13H14O8P2. The van der Waals surface area contributed by atoms with Crippen LogP contribution in [0.2, 0.25) is 0 Å². The zero-order chi connectivity index (χ0) is 17.1. The van der Waals surface area contributed by atoms with Crippen LogP contribution in [0.4, 0.5) is 0 Å². The summed E-state index contributed by atoms with van der Waals surface area (Å²) >= 11 is 0. The van der Waals surface area contributed by atoms with E-state index in [-0.39, 0.29) is 11.5 Å². The second-order valence-corrected chi connectivity index (χ2v) is 6.96. The summed E-state index contributed by atoms with van der Waals surface area (Å²) in [6, 6.07) is 12.4. The van der Waals surface area contributed by atoms with Crippen LogP contribution in [-0.2, 0) is 15.6 Å². The van der Waals surface area contributed by atoms with Gasteiger partial charge in [0.05, 0.1) is 0 Å².